The number of hydrogen-bond acceptors (Lipinski definition) is 10. The molecule has 0 amide bonds. The van der Waals surface area contributed by atoms with Gasteiger partial charge in [0.05, 0.1) is 17.1 Å². The molecule has 2 aliphatic rings. The summed E-state index contributed by atoms with van der Waals surface area (Å²) in [6.45, 7) is 7.86. The second kappa shape index (κ2) is 13.4. The molecule has 0 bridgehead atoms. The molecular weight excluding hydrogens is 651 g/mol. The first-order chi connectivity index (χ1) is 23.2. The predicted octanol–water partition coefficient (Wildman–Crippen LogP) is 4.02. The standard InChI is InChI=1S/C16H20ClN7.C16H16ClN7/c2*1-11-15(17)24-14(18-11)8-6-12(20-24)5-7-13-19-16(21-22(13)2)23-9-3-4-10-23/h6,8H,3-5,7,9-10H2,1-2H3;6,8H,3-4,9-10H2,1-2H3. The van der Waals surface area contributed by atoms with Crippen molar-refractivity contribution in [3.8, 4) is 11.8 Å². The second-order valence-electron chi connectivity index (χ2n) is 12.0. The number of nitrogens with zero attached hydrogens (tertiary/aromatic N) is 14. The highest BCUT2D eigenvalue weighted by atomic mass is 35.5. The first-order valence-corrected chi connectivity index (χ1v) is 16.8. The summed E-state index contributed by atoms with van der Waals surface area (Å²) in [7, 11) is 3.80. The average molecular weight is 688 g/mol. The van der Waals surface area contributed by atoms with Crippen LogP contribution in [-0.2, 0) is 26.9 Å². The van der Waals surface area contributed by atoms with Crippen molar-refractivity contribution in [2.24, 2.45) is 14.1 Å². The Morgan fingerprint density at radius 1 is 0.625 bits per heavy atom. The molecule has 0 saturated carbocycles. The van der Waals surface area contributed by atoms with Crippen LogP contribution in [0.2, 0.25) is 10.3 Å². The Labute approximate surface area is 287 Å². The molecule has 0 unspecified atom stereocenters. The van der Waals surface area contributed by atoms with E-state index in [1.807, 2.05) is 56.9 Å². The summed E-state index contributed by atoms with van der Waals surface area (Å²) in [5.41, 5.74) is 4.59. The molecule has 8 rings (SSSR count). The highest BCUT2D eigenvalue weighted by molar-refractivity contribution is 6.30. The summed E-state index contributed by atoms with van der Waals surface area (Å²) in [4.78, 5) is 22.3. The lowest BCUT2D eigenvalue weighted by Gasteiger charge is -2.10. The van der Waals surface area contributed by atoms with Crippen LogP contribution < -0.4 is 9.80 Å². The van der Waals surface area contributed by atoms with Gasteiger partial charge in [0.2, 0.25) is 17.7 Å². The van der Waals surface area contributed by atoms with Crippen LogP contribution in [0.25, 0.3) is 11.3 Å². The van der Waals surface area contributed by atoms with Gasteiger partial charge in [-0.1, -0.05) is 23.2 Å². The summed E-state index contributed by atoms with van der Waals surface area (Å²) >= 11 is 12.4. The van der Waals surface area contributed by atoms with Gasteiger partial charge >= 0.3 is 0 Å². The predicted molar refractivity (Wildman–Crippen MR) is 184 cm³/mol. The SMILES string of the molecule is Cc1nc2ccc(C#Cc3nc(N4CCCC4)nn3C)nn2c1Cl.Cc1nc2ccc(CCc3nc(N4CCCC4)nn3C)nn2c1Cl. The molecule has 2 fully saturated rings. The van der Waals surface area contributed by atoms with Gasteiger partial charge in [-0.25, -0.2) is 23.7 Å². The van der Waals surface area contributed by atoms with E-state index in [9.17, 15) is 0 Å². The van der Waals surface area contributed by atoms with Crippen molar-refractivity contribution < 1.29 is 0 Å². The summed E-state index contributed by atoms with van der Waals surface area (Å²) in [6.07, 6.45) is 6.41. The van der Waals surface area contributed by atoms with Crippen LogP contribution in [0.15, 0.2) is 24.3 Å². The van der Waals surface area contributed by atoms with Gasteiger partial charge in [-0.2, -0.15) is 20.2 Å². The quantitative estimate of drug-likeness (QED) is 0.245. The lowest BCUT2D eigenvalue weighted by atomic mass is 10.2. The maximum Gasteiger partial charge on any atom is 0.245 e. The fourth-order valence-electron chi connectivity index (χ4n) is 5.83. The molecular formula is C32H36Cl2N14. The van der Waals surface area contributed by atoms with Gasteiger partial charge in [0, 0.05) is 46.7 Å². The van der Waals surface area contributed by atoms with Crippen LogP contribution in [0.5, 0.6) is 0 Å². The zero-order valence-corrected chi connectivity index (χ0v) is 28.9. The Bertz CT molecular complexity index is 2150. The average Bonchev–Trinajstić information content (AvgIpc) is 3.94. The Kier molecular flexibility index (Phi) is 8.89. The van der Waals surface area contributed by atoms with Gasteiger partial charge in [-0.05, 0) is 82.1 Å². The third-order valence-electron chi connectivity index (χ3n) is 8.50. The van der Waals surface area contributed by atoms with E-state index in [-0.39, 0.29) is 0 Å². The second-order valence-corrected chi connectivity index (χ2v) is 12.7. The molecule has 14 nitrogen and oxygen atoms in total. The van der Waals surface area contributed by atoms with Crippen LogP contribution in [0.1, 0.15) is 60.1 Å². The van der Waals surface area contributed by atoms with Crippen LogP contribution in [0, 0.1) is 25.7 Å². The fraction of sp³-hybridized carbons (Fsp3) is 0.438. The highest BCUT2D eigenvalue weighted by Crippen LogP contribution is 2.20. The van der Waals surface area contributed by atoms with Crippen LogP contribution >= 0.6 is 23.2 Å². The first-order valence-electron chi connectivity index (χ1n) is 16.1. The van der Waals surface area contributed by atoms with E-state index in [0.717, 1.165) is 79.5 Å². The van der Waals surface area contributed by atoms with Crippen molar-refractivity contribution in [3.63, 3.8) is 0 Å². The van der Waals surface area contributed by atoms with Gasteiger partial charge in [0.25, 0.3) is 0 Å². The number of fused-ring (bicyclic) bond motifs is 2. The smallest absolute Gasteiger partial charge is 0.245 e. The first kappa shape index (κ1) is 31.8. The minimum Gasteiger partial charge on any atom is -0.340 e. The molecule has 248 valence electrons. The molecule has 48 heavy (non-hydrogen) atoms. The summed E-state index contributed by atoms with van der Waals surface area (Å²) in [6, 6.07) is 7.62. The Morgan fingerprint density at radius 2 is 1.19 bits per heavy atom. The molecule has 0 atom stereocenters. The molecule has 0 aromatic carbocycles. The molecule has 2 saturated heterocycles. The molecule has 6 aromatic heterocycles. The number of anilines is 2. The van der Waals surface area contributed by atoms with E-state index in [2.05, 4.69) is 57.0 Å². The van der Waals surface area contributed by atoms with Gasteiger partial charge in [-0.3, -0.25) is 4.68 Å². The Hall–Kier alpha value is -4.74. The Balaban J connectivity index is 0.000000152. The molecule has 0 aliphatic carbocycles. The fourth-order valence-corrected chi connectivity index (χ4v) is 6.17. The number of halogens is 2. The van der Waals surface area contributed by atoms with Gasteiger partial charge < -0.3 is 9.80 Å². The largest absolute Gasteiger partial charge is 0.340 e. The van der Waals surface area contributed by atoms with Crippen LogP contribution in [0.4, 0.5) is 11.9 Å². The summed E-state index contributed by atoms with van der Waals surface area (Å²) < 4.78 is 6.86. The third kappa shape index (κ3) is 6.52. The van der Waals surface area contributed by atoms with Crippen molar-refractivity contribution in [1.29, 1.82) is 0 Å². The molecule has 6 aromatic rings. The van der Waals surface area contributed by atoms with Gasteiger partial charge in [0.15, 0.2) is 21.6 Å². The summed E-state index contributed by atoms with van der Waals surface area (Å²) in [5, 5.41) is 19.1. The van der Waals surface area contributed by atoms with E-state index in [1.54, 1.807) is 13.7 Å². The number of hydrogen-bond donors (Lipinski definition) is 0. The van der Waals surface area contributed by atoms with Crippen molar-refractivity contribution >= 4 is 46.4 Å². The number of imidazole rings is 2. The zero-order chi connectivity index (χ0) is 33.4. The number of rotatable bonds is 5. The summed E-state index contributed by atoms with van der Waals surface area (Å²) in [5.74, 6) is 9.25. The zero-order valence-electron chi connectivity index (χ0n) is 27.4. The monoisotopic (exact) mass is 686 g/mol. The molecule has 8 heterocycles. The molecule has 0 spiro atoms. The molecule has 0 N–H and O–H groups in total. The Morgan fingerprint density at radius 3 is 1.83 bits per heavy atom. The minimum absolute atomic E-state index is 0.503. The maximum absolute atomic E-state index is 6.24. The van der Waals surface area contributed by atoms with Crippen LogP contribution in [0.3, 0.4) is 0 Å². The topological polar surface area (TPSA) is 128 Å². The van der Waals surface area contributed by atoms with Crippen molar-refractivity contribution in [2.75, 3.05) is 36.0 Å². The highest BCUT2D eigenvalue weighted by Gasteiger charge is 2.19. The van der Waals surface area contributed by atoms with E-state index in [4.69, 9.17) is 28.2 Å². The normalized spacial score (nSPS) is 14.5. The third-order valence-corrected chi connectivity index (χ3v) is 9.36. The van der Waals surface area contributed by atoms with E-state index in [0.29, 0.717) is 27.5 Å². The van der Waals surface area contributed by atoms with Crippen LogP contribution in [-0.4, -0.2) is 84.9 Å². The van der Waals surface area contributed by atoms with E-state index >= 15 is 0 Å². The van der Waals surface area contributed by atoms with Crippen molar-refractivity contribution in [3.05, 3.63) is 69.0 Å². The van der Waals surface area contributed by atoms with Crippen molar-refractivity contribution in [2.45, 2.75) is 52.4 Å². The van der Waals surface area contributed by atoms with Crippen molar-refractivity contribution in [1.82, 2.24) is 58.7 Å². The molecule has 2 aliphatic heterocycles. The lowest BCUT2D eigenvalue weighted by molar-refractivity contribution is 0.682. The number of aryl methyl sites for hydroxylation is 6. The molecule has 16 heteroatoms. The maximum atomic E-state index is 6.24. The van der Waals surface area contributed by atoms with Gasteiger partial charge in [0.1, 0.15) is 11.5 Å². The minimum atomic E-state index is 0.503. The van der Waals surface area contributed by atoms with E-state index in [1.165, 1.54) is 25.7 Å². The number of aromatic nitrogens is 12. The molecule has 0 radical (unpaired) electrons. The lowest BCUT2D eigenvalue weighted by Crippen LogP contribution is -2.19. The van der Waals surface area contributed by atoms with Gasteiger partial charge in [-0.15, -0.1) is 10.2 Å². The van der Waals surface area contributed by atoms with E-state index < -0.39 is 0 Å².